The van der Waals surface area contributed by atoms with Crippen LogP contribution in [0.2, 0.25) is 0 Å². The molecule has 1 aliphatic heterocycles. The third-order valence-corrected chi connectivity index (χ3v) is 3.43. The van der Waals surface area contributed by atoms with Gasteiger partial charge in [0.15, 0.2) is 0 Å². The highest BCUT2D eigenvalue weighted by atomic mass is 15.1. The lowest BCUT2D eigenvalue weighted by Crippen LogP contribution is -2.20. The van der Waals surface area contributed by atoms with Gasteiger partial charge >= 0.3 is 0 Å². The first-order chi connectivity index (χ1) is 7.81. The summed E-state index contributed by atoms with van der Waals surface area (Å²) >= 11 is 0. The molecule has 3 nitrogen and oxygen atoms in total. The molecular weight excluding hydrogens is 198 g/mol. The maximum Gasteiger partial charge on any atom is 0.125 e. The van der Waals surface area contributed by atoms with E-state index in [4.69, 9.17) is 0 Å². The molecule has 0 aliphatic carbocycles. The second kappa shape index (κ2) is 5.30. The van der Waals surface area contributed by atoms with Crippen molar-refractivity contribution in [3.63, 3.8) is 0 Å². The van der Waals surface area contributed by atoms with Gasteiger partial charge in [0.2, 0.25) is 0 Å². The number of pyridine rings is 1. The Morgan fingerprint density at radius 1 is 1.56 bits per heavy atom. The molecule has 0 amide bonds. The molecule has 16 heavy (non-hydrogen) atoms. The molecule has 1 aromatic heterocycles. The van der Waals surface area contributed by atoms with E-state index in [1.807, 2.05) is 13.2 Å². The topological polar surface area (TPSA) is 28.2 Å². The lowest BCUT2D eigenvalue weighted by Gasteiger charge is -2.16. The molecule has 1 atom stereocenters. The van der Waals surface area contributed by atoms with E-state index in [2.05, 4.69) is 34.3 Å². The highest BCUT2D eigenvalue weighted by Crippen LogP contribution is 2.21. The first-order valence-corrected chi connectivity index (χ1v) is 6.17. The van der Waals surface area contributed by atoms with Crippen LogP contribution < -0.4 is 5.32 Å². The van der Waals surface area contributed by atoms with Gasteiger partial charge in [-0.25, -0.2) is 4.98 Å². The van der Waals surface area contributed by atoms with Crippen LogP contribution in [0.3, 0.4) is 0 Å². The Morgan fingerprint density at radius 2 is 2.44 bits per heavy atom. The maximum absolute atomic E-state index is 4.23. The largest absolute Gasteiger partial charge is 0.373 e. The summed E-state index contributed by atoms with van der Waals surface area (Å²) in [5, 5.41) is 3.08. The number of hydrogen-bond donors (Lipinski definition) is 1. The van der Waals surface area contributed by atoms with Crippen LogP contribution in [0.15, 0.2) is 18.3 Å². The highest BCUT2D eigenvalue weighted by Gasteiger charge is 2.20. The zero-order valence-corrected chi connectivity index (χ0v) is 10.2. The number of likely N-dealkylation sites (tertiary alicyclic amines) is 1. The molecule has 1 aliphatic rings. The quantitative estimate of drug-likeness (QED) is 0.842. The molecule has 1 fully saturated rings. The average Bonchev–Trinajstić information content (AvgIpc) is 2.77. The lowest BCUT2D eigenvalue weighted by atomic mass is 10.1. The molecule has 2 heterocycles. The minimum absolute atomic E-state index is 0.908. The van der Waals surface area contributed by atoms with Crippen LogP contribution in [0.1, 0.15) is 25.3 Å². The standard InChI is InChI=1S/C13H21N3/c1-3-11-5-7-16(9-11)10-12-4-6-15-13(8-12)14-2/h4,6,8,11H,3,5,7,9-10H2,1-2H3,(H,14,15). The molecule has 1 N–H and O–H groups in total. The van der Waals surface area contributed by atoms with Crippen LogP contribution in [0, 0.1) is 5.92 Å². The van der Waals surface area contributed by atoms with Crippen molar-refractivity contribution < 1.29 is 0 Å². The molecule has 3 heteroatoms. The number of nitrogens with zero attached hydrogens (tertiary/aromatic N) is 2. The van der Waals surface area contributed by atoms with Gasteiger partial charge in [-0.05, 0) is 36.6 Å². The van der Waals surface area contributed by atoms with Gasteiger partial charge in [-0.1, -0.05) is 13.3 Å². The van der Waals surface area contributed by atoms with E-state index in [0.29, 0.717) is 0 Å². The van der Waals surface area contributed by atoms with Crippen molar-refractivity contribution in [2.24, 2.45) is 5.92 Å². The van der Waals surface area contributed by atoms with Gasteiger partial charge in [-0.2, -0.15) is 0 Å². The third-order valence-electron chi connectivity index (χ3n) is 3.43. The molecule has 0 radical (unpaired) electrons. The Balaban J connectivity index is 1.94. The van der Waals surface area contributed by atoms with Gasteiger partial charge in [0.05, 0.1) is 0 Å². The van der Waals surface area contributed by atoms with E-state index in [0.717, 1.165) is 18.3 Å². The van der Waals surface area contributed by atoms with Crippen LogP contribution in [0.25, 0.3) is 0 Å². The van der Waals surface area contributed by atoms with Crippen molar-refractivity contribution in [1.82, 2.24) is 9.88 Å². The average molecular weight is 219 g/mol. The lowest BCUT2D eigenvalue weighted by molar-refractivity contribution is 0.315. The fourth-order valence-corrected chi connectivity index (χ4v) is 2.36. The molecule has 2 rings (SSSR count). The Bertz CT molecular complexity index is 338. The summed E-state index contributed by atoms with van der Waals surface area (Å²) in [7, 11) is 1.91. The number of aromatic nitrogens is 1. The number of nitrogens with one attached hydrogen (secondary N) is 1. The smallest absolute Gasteiger partial charge is 0.125 e. The Labute approximate surface area is 97.9 Å². The second-order valence-electron chi connectivity index (χ2n) is 4.60. The van der Waals surface area contributed by atoms with Gasteiger partial charge in [-0.15, -0.1) is 0 Å². The number of rotatable bonds is 4. The Kier molecular flexibility index (Phi) is 3.78. The van der Waals surface area contributed by atoms with Gasteiger partial charge in [-0.3, -0.25) is 4.90 Å². The minimum atomic E-state index is 0.908. The summed E-state index contributed by atoms with van der Waals surface area (Å²) < 4.78 is 0. The predicted octanol–water partition coefficient (Wildman–Crippen LogP) is 2.36. The SMILES string of the molecule is CCC1CCN(Cc2ccnc(NC)c2)C1. The van der Waals surface area contributed by atoms with Gasteiger partial charge in [0.1, 0.15) is 5.82 Å². The van der Waals surface area contributed by atoms with Crippen LogP contribution in [0.4, 0.5) is 5.82 Å². The zero-order valence-electron chi connectivity index (χ0n) is 10.2. The minimum Gasteiger partial charge on any atom is -0.373 e. The Morgan fingerprint density at radius 3 is 3.12 bits per heavy atom. The molecule has 1 saturated heterocycles. The van der Waals surface area contributed by atoms with E-state index >= 15 is 0 Å². The summed E-state index contributed by atoms with van der Waals surface area (Å²) in [5.74, 6) is 1.87. The van der Waals surface area contributed by atoms with Crippen molar-refractivity contribution in [3.8, 4) is 0 Å². The zero-order chi connectivity index (χ0) is 11.4. The number of anilines is 1. The van der Waals surface area contributed by atoms with Crippen LogP contribution in [-0.2, 0) is 6.54 Å². The molecule has 1 unspecified atom stereocenters. The summed E-state index contributed by atoms with van der Waals surface area (Å²) in [6.45, 7) is 5.86. The van der Waals surface area contributed by atoms with Crippen LogP contribution >= 0.6 is 0 Å². The molecule has 0 bridgehead atoms. The monoisotopic (exact) mass is 219 g/mol. The van der Waals surface area contributed by atoms with E-state index in [-0.39, 0.29) is 0 Å². The molecule has 0 aromatic carbocycles. The highest BCUT2D eigenvalue weighted by molar-refractivity contribution is 5.36. The molecular formula is C13H21N3. The normalized spacial score (nSPS) is 21.2. The summed E-state index contributed by atoms with van der Waals surface area (Å²) in [4.78, 5) is 6.78. The van der Waals surface area contributed by atoms with E-state index in [1.54, 1.807) is 0 Å². The predicted molar refractivity (Wildman–Crippen MR) is 67.5 cm³/mol. The van der Waals surface area contributed by atoms with E-state index in [1.165, 1.54) is 31.5 Å². The fourth-order valence-electron chi connectivity index (χ4n) is 2.36. The van der Waals surface area contributed by atoms with Crippen molar-refractivity contribution in [2.75, 3.05) is 25.5 Å². The number of hydrogen-bond acceptors (Lipinski definition) is 3. The van der Waals surface area contributed by atoms with Crippen molar-refractivity contribution in [1.29, 1.82) is 0 Å². The second-order valence-corrected chi connectivity index (χ2v) is 4.60. The fraction of sp³-hybridized carbons (Fsp3) is 0.615. The van der Waals surface area contributed by atoms with Gasteiger partial charge < -0.3 is 5.32 Å². The first-order valence-electron chi connectivity index (χ1n) is 6.17. The van der Waals surface area contributed by atoms with E-state index in [9.17, 15) is 0 Å². The molecule has 1 aromatic rings. The van der Waals surface area contributed by atoms with Crippen molar-refractivity contribution in [2.45, 2.75) is 26.3 Å². The van der Waals surface area contributed by atoms with Gasteiger partial charge in [0.25, 0.3) is 0 Å². The maximum atomic E-state index is 4.23. The van der Waals surface area contributed by atoms with Crippen LogP contribution in [0.5, 0.6) is 0 Å². The third kappa shape index (κ3) is 2.73. The van der Waals surface area contributed by atoms with Crippen LogP contribution in [-0.4, -0.2) is 30.0 Å². The van der Waals surface area contributed by atoms with E-state index < -0.39 is 0 Å². The van der Waals surface area contributed by atoms with Crippen molar-refractivity contribution in [3.05, 3.63) is 23.9 Å². The van der Waals surface area contributed by atoms with Crippen molar-refractivity contribution >= 4 is 5.82 Å². The molecule has 0 saturated carbocycles. The Hall–Kier alpha value is -1.09. The summed E-state index contributed by atoms with van der Waals surface area (Å²) in [6.07, 6.45) is 4.56. The first kappa shape index (κ1) is 11.4. The molecule has 0 spiro atoms. The van der Waals surface area contributed by atoms with Gasteiger partial charge in [0, 0.05) is 26.3 Å². The molecule has 88 valence electrons. The summed E-state index contributed by atoms with van der Waals surface area (Å²) in [5.41, 5.74) is 1.36. The summed E-state index contributed by atoms with van der Waals surface area (Å²) in [6, 6.07) is 4.25.